The van der Waals surface area contributed by atoms with Gasteiger partial charge in [0.1, 0.15) is 11.5 Å². The largest absolute Gasteiger partial charge is 0.497 e. The van der Waals surface area contributed by atoms with Crippen LogP contribution in [0.25, 0.3) is 11.3 Å². The van der Waals surface area contributed by atoms with Crippen LogP contribution in [0.4, 0.5) is 0 Å². The highest BCUT2D eigenvalue weighted by atomic mass is 16.5. The molecule has 0 amide bonds. The minimum absolute atomic E-state index is 0.148. The number of benzene rings is 1. The van der Waals surface area contributed by atoms with E-state index >= 15 is 0 Å². The number of aryl methyl sites for hydroxylation is 1. The number of nitrogens with zero attached hydrogens (tertiary/aromatic N) is 2. The molecule has 5 nitrogen and oxygen atoms in total. The zero-order valence-electron chi connectivity index (χ0n) is 11.0. The molecule has 0 aliphatic heterocycles. The van der Waals surface area contributed by atoms with Gasteiger partial charge in [0.2, 0.25) is 0 Å². The van der Waals surface area contributed by atoms with Crippen molar-refractivity contribution in [1.29, 1.82) is 0 Å². The van der Waals surface area contributed by atoms with Gasteiger partial charge in [-0.15, -0.1) is 0 Å². The van der Waals surface area contributed by atoms with Gasteiger partial charge in [0.15, 0.2) is 12.1 Å². The minimum Gasteiger partial charge on any atom is -0.497 e. The lowest BCUT2D eigenvalue weighted by molar-refractivity contribution is 0.111. The highest BCUT2D eigenvalue weighted by molar-refractivity contribution is 5.75. The van der Waals surface area contributed by atoms with Gasteiger partial charge in [0.25, 0.3) is 0 Å². The van der Waals surface area contributed by atoms with Gasteiger partial charge < -0.3 is 9.47 Å². The van der Waals surface area contributed by atoms with Crippen LogP contribution in [-0.2, 0) is 0 Å². The van der Waals surface area contributed by atoms with Crippen LogP contribution >= 0.6 is 0 Å². The topological polar surface area (TPSA) is 61.3 Å². The van der Waals surface area contributed by atoms with Crippen LogP contribution < -0.4 is 9.47 Å². The molecular formula is C14H14N2O3. The van der Waals surface area contributed by atoms with Crippen LogP contribution in [0.1, 0.15) is 16.2 Å². The molecule has 0 aliphatic rings. The van der Waals surface area contributed by atoms with Gasteiger partial charge in [-0.25, -0.2) is 9.97 Å². The molecule has 0 saturated heterocycles. The Hall–Kier alpha value is -2.43. The summed E-state index contributed by atoms with van der Waals surface area (Å²) in [6.07, 6.45) is 2.17. The number of aromatic nitrogens is 2. The van der Waals surface area contributed by atoms with Gasteiger partial charge in [-0.05, 0) is 24.6 Å². The average molecular weight is 258 g/mol. The summed E-state index contributed by atoms with van der Waals surface area (Å²) in [4.78, 5) is 18.8. The second kappa shape index (κ2) is 5.48. The summed E-state index contributed by atoms with van der Waals surface area (Å²) in [7, 11) is 3.18. The van der Waals surface area contributed by atoms with Crippen molar-refractivity contribution < 1.29 is 14.3 Å². The summed E-state index contributed by atoms with van der Waals surface area (Å²) in [5, 5.41) is 0. The molecule has 1 heterocycles. The Bertz CT molecular complexity index is 612. The summed E-state index contributed by atoms with van der Waals surface area (Å²) in [5.41, 5.74) is 2.43. The number of hydrogen-bond donors (Lipinski definition) is 0. The van der Waals surface area contributed by atoms with Crippen molar-refractivity contribution in [2.24, 2.45) is 0 Å². The molecule has 0 radical (unpaired) electrons. The predicted molar refractivity (Wildman–Crippen MR) is 70.7 cm³/mol. The third-order valence-electron chi connectivity index (χ3n) is 2.76. The van der Waals surface area contributed by atoms with E-state index in [9.17, 15) is 4.79 Å². The number of carbonyl (C=O) groups excluding carboxylic acids is 1. The van der Waals surface area contributed by atoms with E-state index in [4.69, 9.17) is 9.47 Å². The average Bonchev–Trinajstić information content (AvgIpc) is 2.46. The van der Waals surface area contributed by atoms with Gasteiger partial charge in [0.05, 0.1) is 19.9 Å². The molecule has 0 fully saturated rings. The quantitative estimate of drug-likeness (QED) is 0.787. The van der Waals surface area contributed by atoms with E-state index in [2.05, 4.69) is 9.97 Å². The van der Waals surface area contributed by atoms with Crippen molar-refractivity contribution in [1.82, 2.24) is 9.97 Å². The fourth-order valence-electron chi connectivity index (χ4n) is 1.90. The first-order chi connectivity index (χ1) is 9.19. The first kappa shape index (κ1) is 13.0. The number of ether oxygens (including phenoxy) is 2. The molecule has 0 unspecified atom stereocenters. The van der Waals surface area contributed by atoms with E-state index in [-0.39, 0.29) is 5.82 Å². The van der Waals surface area contributed by atoms with Crippen LogP contribution in [0.3, 0.4) is 0 Å². The summed E-state index contributed by atoms with van der Waals surface area (Å²) < 4.78 is 10.6. The molecule has 1 aromatic heterocycles. The molecular weight excluding hydrogens is 244 g/mol. The Labute approximate surface area is 111 Å². The van der Waals surface area contributed by atoms with Gasteiger partial charge >= 0.3 is 0 Å². The molecule has 5 heteroatoms. The first-order valence-corrected chi connectivity index (χ1v) is 5.70. The molecule has 0 saturated carbocycles. The van der Waals surface area contributed by atoms with Crippen molar-refractivity contribution >= 4 is 6.29 Å². The molecule has 2 aromatic rings. The van der Waals surface area contributed by atoms with Crippen molar-refractivity contribution in [2.45, 2.75) is 6.92 Å². The Morgan fingerprint density at radius 2 is 2.00 bits per heavy atom. The Morgan fingerprint density at radius 1 is 1.21 bits per heavy atom. The molecule has 0 bridgehead atoms. The molecule has 0 atom stereocenters. The standard InChI is InChI=1S/C14H14N2O3/c1-9-6-10(18-2)7-12(19-3)14(9)11-4-5-15-13(8-17)16-11/h4-8H,1-3H3. The van der Waals surface area contributed by atoms with Gasteiger partial charge in [-0.1, -0.05) is 0 Å². The van der Waals surface area contributed by atoms with Crippen molar-refractivity contribution in [3.05, 3.63) is 35.8 Å². The molecule has 19 heavy (non-hydrogen) atoms. The number of carbonyl (C=O) groups is 1. The predicted octanol–water partition coefficient (Wildman–Crippen LogP) is 2.28. The lowest BCUT2D eigenvalue weighted by Crippen LogP contribution is -1.98. The van der Waals surface area contributed by atoms with Crippen LogP contribution in [0.2, 0.25) is 0 Å². The summed E-state index contributed by atoms with van der Waals surface area (Å²) in [6, 6.07) is 5.41. The monoisotopic (exact) mass is 258 g/mol. The van der Waals surface area contributed by atoms with Crippen LogP contribution in [0.15, 0.2) is 24.4 Å². The number of hydrogen-bond acceptors (Lipinski definition) is 5. The molecule has 0 N–H and O–H groups in total. The van der Waals surface area contributed by atoms with E-state index in [0.717, 1.165) is 11.1 Å². The highest BCUT2D eigenvalue weighted by Gasteiger charge is 2.13. The van der Waals surface area contributed by atoms with Crippen molar-refractivity contribution in [3.63, 3.8) is 0 Å². The zero-order valence-corrected chi connectivity index (χ0v) is 11.0. The smallest absolute Gasteiger partial charge is 0.193 e. The first-order valence-electron chi connectivity index (χ1n) is 5.70. The lowest BCUT2D eigenvalue weighted by atomic mass is 10.0. The number of aldehydes is 1. The van der Waals surface area contributed by atoms with E-state index in [1.165, 1.54) is 0 Å². The maximum absolute atomic E-state index is 10.8. The van der Waals surface area contributed by atoms with Crippen molar-refractivity contribution in [2.75, 3.05) is 14.2 Å². The minimum atomic E-state index is 0.148. The van der Waals surface area contributed by atoms with Crippen LogP contribution in [-0.4, -0.2) is 30.5 Å². The van der Waals surface area contributed by atoms with E-state index in [1.54, 1.807) is 32.5 Å². The van der Waals surface area contributed by atoms with Gasteiger partial charge in [-0.3, -0.25) is 4.79 Å². The number of rotatable bonds is 4. The van der Waals surface area contributed by atoms with Gasteiger partial charge in [0, 0.05) is 17.8 Å². The summed E-state index contributed by atoms with van der Waals surface area (Å²) in [5.74, 6) is 1.50. The maximum atomic E-state index is 10.8. The SMILES string of the molecule is COc1cc(C)c(-c2ccnc(C=O)n2)c(OC)c1. The molecule has 1 aromatic carbocycles. The molecule has 0 aliphatic carbocycles. The number of methoxy groups -OCH3 is 2. The normalized spacial score (nSPS) is 10.1. The van der Waals surface area contributed by atoms with Crippen molar-refractivity contribution in [3.8, 4) is 22.8 Å². The second-order valence-electron chi connectivity index (χ2n) is 3.94. The molecule has 0 spiro atoms. The highest BCUT2D eigenvalue weighted by Crippen LogP contribution is 2.35. The van der Waals surface area contributed by atoms with E-state index < -0.39 is 0 Å². The zero-order chi connectivity index (χ0) is 13.8. The fourth-order valence-corrected chi connectivity index (χ4v) is 1.90. The lowest BCUT2D eigenvalue weighted by Gasteiger charge is -2.13. The Morgan fingerprint density at radius 3 is 2.63 bits per heavy atom. The third kappa shape index (κ3) is 2.54. The summed E-state index contributed by atoms with van der Waals surface area (Å²) >= 11 is 0. The van der Waals surface area contributed by atoms with Crippen LogP contribution in [0.5, 0.6) is 11.5 Å². The van der Waals surface area contributed by atoms with E-state index in [0.29, 0.717) is 23.5 Å². The molecule has 2 rings (SSSR count). The fraction of sp³-hybridized carbons (Fsp3) is 0.214. The maximum Gasteiger partial charge on any atom is 0.193 e. The molecule has 98 valence electrons. The van der Waals surface area contributed by atoms with Gasteiger partial charge in [-0.2, -0.15) is 0 Å². The second-order valence-corrected chi connectivity index (χ2v) is 3.94. The van der Waals surface area contributed by atoms with Crippen LogP contribution in [0, 0.1) is 6.92 Å². The third-order valence-corrected chi connectivity index (χ3v) is 2.76. The Kier molecular flexibility index (Phi) is 3.75. The Balaban J connectivity index is 2.63. The summed E-state index contributed by atoms with van der Waals surface area (Å²) in [6.45, 7) is 1.93. The van der Waals surface area contributed by atoms with E-state index in [1.807, 2.05) is 13.0 Å².